The first kappa shape index (κ1) is 36.8. The number of hydrogen-bond acceptors (Lipinski definition) is 0. The Morgan fingerprint density at radius 2 is 0.746 bits per heavy atom. The summed E-state index contributed by atoms with van der Waals surface area (Å²) >= 11 is 0. The molecule has 63 heavy (non-hydrogen) atoms. The van der Waals surface area contributed by atoms with Gasteiger partial charge in [0.1, 0.15) is 0 Å². The van der Waals surface area contributed by atoms with Crippen LogP contribution >= 0.6 is 0 Å². The molecule has 0 saturated carbocycles. The van der Waals surface area contributed by atoms with Crippen LogP contribution in [-0.2, 0) is 0 Å². The zero-order valence-corrected chi connectivity index (χ0v) is 35.6. The zero-order valence-electron chi connectivity index (χ0n) is 34.6. The largest absolute Gasteiger partial charge is 0.307 e. The van der Waals surface area contributed by atoms with E-state index >= 15 is 0 Å². The van der Waals surface area contributed by atoms with Crippen molar-refractivity contribution in [2.24, 2.45) is 0 Å². The van der Waals surface area contributed by atoms with Crippen molar-refractivity contribution >= 4 is 72.4 Å². The van der Waals surface area contributed by atoms with Crippen molar-refractivity contribution < 1.29 is 0 Å². The lowest BCUT2D eigenvalue weighted by Crippen LogP contribution is -2.74. The van der Waals surface area contributed by atoms with Crippen molar-refractivity contribution in [3.8, 4) is 33.6 Å². The topological polar surface area (TPSA) is 9.86 Å². The van der Waals surface area contributed by atoms with Crippen LogP contribution in [-0.4, -0.2) is 17.2 Å². The Balaban J connectivity index is 1.25. The number of benzene rings is 10. The molecule has 0 fully saturated rings. The number of hydrogen-bond donors (Lipinski definition) is 0. The van der Waals surface area contributed by atoms with Gasteiger partial charge in [0.15, 0.2) is 8.07 Å². The Morgan fingerprint density at radius 3 is 1.33 bits per heavy atom. The molecule has 0 aliphatic carbocycles. The molecule has 2 aromatic heterocycles. The lowest BCUT2D eigenvalue weighted by Gasteiger charge is -2.35. The standard InChI is InChI=1S/C60H42N2Si/c1-6-21-43(22-7-1)44-37-39-46(40-38-44)61-54-34-18-16-31-51(54)52-33-20-36-56(59(52)61)62-55-35-19-17-32-53(55)58-57(42-41-50(60(58)62)45-23-8-2-9-24-45)63(47-25-10-3-11-26-47,48-27-12-4-13-28-48)49-29-14-5-15-30-49/h1-42H. The second kappa shape index (κ2) is 15.2. The highest BCUT2D eigenvalue weighted by Crippen LogP contribution is 2.42. The minimum Gasteiger partial charge on any atom is -0.307 e. The maximum atomic E-state index is 2.59. The Kier molecular flexibility index (Phi) is 8.87. The summed E-state index contributed by atoms with van der Waals surface area (Å²) in [5.41, 5.74) is 11.8. The highest BCUT2D eigenvalue weighted by Gasteiger charge is 2.43. The molecule has 0 N–H and O–H groups in total. The van der Waals surface area contributed by atoms with E-state index in [9.17, 15) is 0 Å². The third-order valence-corrected chi connectivity index (χ3v) is 17.9. The van der Waals surface area contributed by atoms with Gasteiger partial charge < -0.3 is 9.13 Å². The molecule has 0 spiro atoms. The molecule has 0 atom stereocenters. The molecule has 0 bridgehead atoms. The van der Waals surface area contributed by atoms with E-state index in [1.165, 1.54) is 86.6 Å². The molecule has 3 heteroatoms. The van der Waals surface area contributed by atoms with E-state index in [0.29, 0.717) is 0 Å². The first-order valence-corrected chi connectivity index (χ1v) is 23.8. The van der Waals surface area contributed by atoms with Crippen LogP contribution in [0, 0.1) is 0 Å². The molecule has 10 aromatic carbocycles. The molecule has 12 rings (SSSR count). The number of nitrogens with zero attached hydrogens (tertiary/aromatic N) is 2. The SMILES string of the molecule is c1ccc(-c2ccc(-n3c4ccccc4c4cccc(-n5c6ccccc6c6c([Si](c7ccccc7)(c7ccccc7)c7ccccc7)ccc(-c7ccccc7)c65)c43)cc2)cc1. The molecule has 0 aliphatic heterocycles. The van der Waals surface area contributed by atoms with Gasteiger partial charge in [0, 0.05) is 32.8 Å². The minimum atomic E-state index is -2.99. The Hall–Kier alpha value is -7.98. The molecular formula is C60H42N2Si. The molecule has 2 nitrogen and oxygen atoms in total. The highest BCUT2D eigenvalue weighted by molar-refractivity contribution is 7.20. The van der Waals surface area contributed by atoms with E-state index in [4.69, 9.17) is 0 Å². The van der Waals surface area contributed by atoms with Crippen LogP contribution in [0.25, 0.3) is 77.2 Å². The number of fused-ring (bicyclic) bond motifs is 6. The summed E-state index contributed by atoms with van der Waals surface area (Å²) in [7, 11) is -2.99. The smallest absolute Gasteiger partial charge is 0.180 e. The summed E-state index contributed by atoms with van der Waals surface area (Å²) in [6.07, 6.45) is 0. The molecule has 12 aromatic rings. The lowest BCUT2D eigenvalue weighted by molar-refractivity contribution is 1.13. The normalized spacial score (nSPS) is 11.8. The van der Waals surface area contributed by atoms with E-state index in [2.05, 4.69) is 264 Å². The van der Waals surface area contributed by atoms with Gasteiger partial charge in [-0.25, -0.2) is 0 Å². The highest BCUT2D eigenvalue weighted by atomic mass is 28.3. The summed E-state index contributed by atoms with van der Waals surface area (Å²) < 4.78 is 5.07. The summed E-state index contributed by atoms with van der Waals surface area (Å²) in [5, 5.41) is 10.4. The summed E-state index contributed by atoms with van der Waals surface area (Å²) in [4.78, 5) is 0. The van der Waals surface area contributed by atoms with Crippen molar-refractivity contribution in [2.75, 3.05) is 0 Å². The molecule has 0 unspecified atom stereocenters. The molecule has 2 heterocycles. The van der Waals surface area contributed by atoms with Crippen molar-refractivity contribution in [3.05, 3.63) is 255 Å². The van der Waals surface area contributed by atoms with Crippen LogP contribution < -0.4 is 20.7 Å². The second-order valence-corrected chi connectivity index (χ2v) is 20.2. The fourth-order valence-corrected chi connectivity index (χ4v) is 15.4. The first-order chi connectivity index (χ1) is 31.3. The van der Waals surface area contributed by atoms with Crippen LogP contribution in [0.15, 0.2) is 255 Å². The fourth-order valence-electron chi connectivity index (χ4n) is 10.4. The van der Waals surface area contributed by atoms with Crippen LogP contribution in [0.2, 0.25) is 0 Å². The lowest BCUT2D eigenvalue weighted by atomic mass is 10.0. The van der Waals surface area contributed by atoms with Gasteiger partial charge in [0.05, 0.1) is 27.8 Å². The van der Waals surface area contributed by atoms with Crippen molar-refractivity contribution in [1.29, 1.82) is 0 Å². The Bertz CT molecular complexity index is 3480. The van der Waals surface area contributed by atoms with Crippen molar-refractivity contribution in [2.45, 2.75) is 0 Å². The molecule has 0 amide bonds. The Morgan fingerprint density at radius 1 is 0.286 bits per heavy atom. The molecule has 296 valence electrons. The maximum absolute atomic E-state index is 2.99. The monoisotopic (exact) mass is 818 g/mol. The molecule has 0 radical (unpaired) electrons. The van der Waals surface area contributed by atoms with Gasteiger partial charge in [-0.2, -0.15) is 0 Å². The van der Waals surface area contributed by atoms with E-state index in [1.54, 1.807) is 0 Å². The average molecular weight is 819 g/mol. The summed E-state index contributed by atoms with van der Waals surface area (Å²) in [6.45, 7) is 0. The predicted molar refractivity (Wildman–Crippen MR) is 270 cm³/mol. The van der Waals surface area contributed by atoms with Gasteiger partial charge >= 0.3 is 0 Å². The predicted octanol–water partition coefficient (Wildman–Crippen LogP) is 12.6. The molecular weight excluding hydrogens is 777 g/mol. The molecule has 0 saturated heterocycles. The Labute approximate surface area is 368 Å². The van der Waals surface area contributed by atoms with E-state index in [1.807, 2.05) is 0 Å². The maximum Gasteiger partial charge on any atom is 0.180 e. The van der Waals surface area contributed by atoms with Gasteiger partial charge in [-0.15, -0.1) is 0 Å². The molecule has 0 aliphatic rings. The summed E-state index contributed by atoms with van der Waals surface area (Å²) in [5.74, 6) is 0. The van der Waals surface area contributed by atoms with Crippen LogP contribution in [0.4, 0.5) is 0 Å². The van der Waals surface area contributed by atoms with Gasteiger partial charge in [-0.1, -0.05) is 224 Å². The van der Waals surface area contributed by atoms with Gasteiger partial charge in [0.2, 0.25) is 0 Å². The number of para-hydroxylation sites is 3. The van der Waals surface area contributed by atoms with Crippen molar-refractivity contribution in [1.82, 2.24) is 9.13 Å². The van der Waals surface area contributed by atoms with Crippen LogP contribution in [0.1, 0.15) is 0 Å². The van der Waals surface area contributed by atoms with Gasteiger partial charge in [0.25, 0.3) is 0 Å². The third-order valence-electron chi connectivity index (χ3n) is 13.1. The third kappa shape index (κ3) is 5.78. The quantitative estimate of drug-likeness (QED) is 0.107. The van der Waals surface area contributed by atoms with Crippen LogP contribution in [0.5, 0.6) is 0 Å². The van der Waals surface area contributed by atoms with Gasteiger partial charge in [-0.05, 0) is 67.8 Å². The second-order valence-electron chi connectivity index (χ2n) is 16.4. The number of rotatable bonds is 8. The van der Waals surface area contributed by atoms with Crippen LogP contribution in [0.3, 0.4) is 0 Å². The van der Waals surface area contributed by atoms with Crippen molar-refractivity contribution in [3.63, 3.8) is 0 Å². The van der Waals surface area contributed by atoms with E-state index < -0.39 is 8.07 Å². The van der Waals surface area contributed by atoms with E-state index in [-0.39, 0.29) is 0 Å². The number of aromatic nitrogens is 2. The van der Waals surface area contributed by atoms with E-state index in [0.717, 1.165) is 11.4 Å². The first-order valence-electron chi connectivity index (χ1n) is 21.8. The average Bonchev–Trinajstić information content (AvgIpc) is 3.90. The zero-order chi connectivity index (χ0) is 41.7. The fraction of sp³-hybridized carbons (Fsp3) is 0. The summed E-state index contributed by atoms with van der Waals surface area (Å²) in [6, 6.07) is 94.4. The minimum absolute atomic E-state index is 1.13. The van der Waals surface area contributed by atoms with Gasteiger partial charge in [-0.3, -0.25) is 0 Å².